The van der Waals surface area contributed by atoms with Gasteiger partial charge < -0.3 is 25.6 Å². The first-order valence-electron chi connectivity index (χ1n) is 11.7. The normalized spacial score (nSPS) is 21.0. The standard InChI is InChI=1S/C26H30N2O6/c1-15(29)23(25(31)32)28-24(30)20-12-6-7-13-22(20)27-26(33)34-14-21-18-10-4-2-8-16(18)17-9-3-5-11-19(17)21/h2-5,8-11,15,20-23,29H,6-7,12-14H2,1H3,(H,27,33)(H,28,30)(H,31,32). The monoisotopic (exact) mass is 466 g/mol. The Morgan fingerprint density at radius 2 is 1.59 bits per heavy atom. The molecule has 0 heterocycles. The Hall–Kier alpha value is -3.39. The van der Waals surface area contributed by atoms with Gasteiger partial charge in [0.15, 0.2) is 6.04 Å². The second kappa shape index (κ2) is 10.3. The Morgan fingerprint density at radius 1 is 1.00 bits per heavy atom. The lowest BCUT2D eigenvalue weighted by Crippen LogP contribution is -2.54. The fourth-order valence-electron chi connectivity index (χ4n) is 5.06. The van der Waals surface area contributed by atoms with E-state index in [1.807, 2.05) is 36.4 Å². The molecule has 0 saturated heterocycles. The van der Waals surface area contributed by atoms with Crippen LogP contribution >= 0.6 is 0 Å². The van der Waals surface area contributed by atoms with Crippen LogP contribution in [0.25, 0.3) is 11.1 Å². The lowest BCUT2D eigenvalue weighted by molar-refractivity contribution is -0.145. The number of hydrogen-bond donors (Lipinski definition) is 4. The first-order chi connectivity index (χ1) is 16.4. The quantitative estimate of drug-likeness (QED) is 0.497. The van der Waals surface area contributed by atoms with Gasteiger partial charge >= 0.3 is 12.1 Å². The molecule has 4 unspecified atom stereocenters. The van der Waals surface area contributed by atoms with E-state index in [2.05, 4.69) is 22.8 Å². The van der Waals surface area contributed by atoms with Gasteiger partial charge in [0, 0.05) is 12.0 Å². The maximum Gasteiger partial charge on any atom is 0.407 e. The first kappa shape index (κ1) is 23.8. The molecule has 8 nitrogen and oxygen atoms in total. The molecule has 34 heavy (non-hydrogen) atoms. The number of carboxylic acid groups (broad SMARTS) is 1. The molecule has 8 heteroatoms. The molecule has 1 fully saturated rings. The van der Waals surface area contributed by atoms with Gasteiger partial charge in [-0.3, -0.25) is 4.79 Å². The molecule has 0 aromatic heterocycles. The zero-order valence-corrected chi connectivity index (χ0v) is 19.1. The maximum absolute atomic E-state index is 12.8. The molecule has 2 aromatic rings. The summed E-state index contributed by atoms with van der Waals surface area (Å²) in [6.07, 6.45) is 0.918. The number of benzene rings is 2. The van der Waals surface area contributed by atoms with E-state index in [4.69, 9.17) is 4.74 Å². The third-order valence-electron chi connectivity index (χ3n) is 6.80. The van der Waals surface area contributed by atoms with E-state index in [1.54, 1.807) is 0 Å². The highest BCUT2D eigenvalue weighted by atomic mass is 16.5. The summed E-state index contributed by atoms with van der Waals surface area (Å²) < 4.78 is 5.61. The minimum absolute atomic E-state index is 0.0639. The van der Waals surface area contributed by atoms with Crippen LogP contribution in [0.1, 0.15) is 49.7 Å². The number of fused-ring (bicyclic) bond motifs is 3. The Kier molecular flexibility index (Phi) is 7.17. The van der Waals surface area contributed by atoms with Crippen molar-refractivity contribution in [3.05, 3.63) is 59.7 Å². The summed E-state index contributed by atoms with van der Waals surface area (Å²) in [7, 11) is 0. The zero-order valence-electron chi connectivity index (χ0n) is 19.1. The molecule has 2 aromatic carbocycles. The molecule has 2 aliphatic carbocycles. The number of carbonyl (C=O) groups excluding carboxylic acids is 2. The van der Waals surface area contributed by atoms with Gasteiger partial charge in [0.1, 0.15) is 6.61 Å². The summed E-state index contributed by atoms with van der Waals surface area (Å²) in [6.45, 7) is 1.49. The van der Waals surface area contributed by atoms with Crippen molar-refractivity contribution >= 4 is 18.0 Å². The van der Waals surface area contributed by atoms with Crippen molar-refractivity contribution in [2.75, 3.05) is 6.61 Å². The number of hydrogen-bond acceptors (Lipinski definition) is 5. The van der Waals surface area contributed by atoms with Crippen molar-refractivity contribution in [3.8, 4) is 11.1 Å². The van der Waals surface area contributed by atoms with Crippen LogP contribution in [0.2, 0.25) is 0 Å². The number of aliphatic hydroxyl groups is 1. The third-order valence-corrected chi connectivity index (χ3v) is 6.80. The van der Waals surface area contributed by atoms with Crippen molar-refractivity contribution in [2.45, 2.75) is 56.7 Å². The van der Waals surface area contributed by atoms with Crippen molar-refractivity contribution in [1.82, 2.24) is 10.6 Å². The predicted molar refractivity (Wildman–Crippen MR) is 125 cm³/mol. The lowest BCUT2D eigenvalue weighted by Gasteiger charge is -2.32. The summed E-state index contributed by atoms with van der Waals surface area (Å²) in [5.41, 5.74) is 4.51. The van der Waals surface area contributed by atoms with E-state index in [0.717, 1.165) is 35.1 Å². The maximum atomic E-state index is 12.8. The average molecular weight is 467 g/mol. The van der Waals surface area contributed by atoms with E-state index >= 15 is 0 Å². The molecule has 0 radical (unpaired) electrons. The zero-order chi connectivity index (χ0) is 24.2. The van der Waals surface area contributed by atoms with E-state index in [0.29, 0.717) is 12.8 Å². The van der Waals surface area contributed by atoms with Crippen molar-refractivity contribution in [1.29, 1.82) is 0 Å². The highest BCUT2D eigenvalue weighted by molar-refractivity contribution is 5.86. The SMILES string of the molecule is CC(O)C(NC(=O)C1CCCCC1NC(=O)OCC1c2ccccc2-c2ccccc21)C(=O)O. The van der Waals surface area contributed by atoms with Crippen LogP contribution in [-0.4, -0.2) is 53.0 Å². The van der Waals surface area contributed by atoms with Gasteiger partial charge in [-0.2, -0.15) is 0 Å². The summed E-state index contributed by atoms with van der Waals surface area (Å²) in [4.78, 5) is 36.8. The molecule has 0 aliphatic heterocycles. The van der Waals surface area contributed by atoms with Gasteiger partial charge in [0.25, 0.3) is 0 Å². The number of aliphatic hydroxyl groups excluding tert-OH is 1. The molecule has 4 rings (SSSR count). The average Bonchev–Trinajstić information content (AvgIpc) is 3.14. The second-order valence-corrected chi connectivity index (χ2v) is 9.03. The molecular formula is C26H30N2O6. The van der Waals surface area contributed by atoms with Crippen molar-refractivity contribution in [3.63, 3.8) is 0 Å². The molecular weight excluding hydrogens is 436 g/mol. The Bertz CT molecular complexity index is 1020. The van der Waals surface area contributed by atoms with E-state index < -0.39 is 42.1 Å². The van der Waals surface area contributed by atoms with Crippen molar-refractivity contribution in [2.24, 2.45) is 5.92 Å². The van der Waals surface area contributed by atoms with E-state index in [9.17, 15) is 24.6 Å². The summed E-state index contributed by atoms with van der Waals surface area (Å²) >= 11 is 0. The first-order valence-corrected chi connectivity index (χ1v) is 11.7. The van der Waals surface area contributed by atoms with Gasteiger partial charge in [-0.05, 0) is 42.0 Å². The minimum Gasteiger partial charge on any atom is -0.480 e. The lowest BCUT2D eigenvalue weighted by atomic mass is 9.83. The van der Waals surface area contributed by atoms with E-state index in [-0.39, 0.29) is 12.5 Å². The number of alkyl carbamates (subject to hydrolysis) is 1. The number of rotatable bonds is 7. The second-order valence-electron chi connectivity index (χ2n) is 9.03. The van der Waals surface area contributed by atoms with Crippen molar-refractivity contribution < 1.29 is 29.3 Å². The van der Waals surface area contributed by atoms with Gasteiger partial charge in [-0.15, -0.1) is 0 Å². The largest absolute Gasteiger partial charge is 0.480 e. The van der Waals surface area contributed by atoms with Crippen LogP contribution in [0.5, 0.6) is 0 Å². The number of ether oxygens (including phenoxy) is 1. The highest BCUT2D eigenvalue weighted by Crippen LogP contribution is 2.44. The molecule has 2 amide bonds. The smallest absolute Gasteiger partial charge is 0.407 e. The Morgan fingerprint density at radius 3 is 2.18 bits per heavy atom. The summed E-state index contributed by atoms with van der Waals surface area (Å²) in [5.74, 6) is -2.45. The number of carboxylic acids is 1. The molecule has 180 valence electrons. The van der Waals surface area contributed by atoms with Crippen LogP contribution in [0.4, 0.5) is 4.79 Å². The van der Waals surface area contributed by atoms with Crippen LogP contribution in [0.3, 0.4) is 0 Å². The number of amides is 2. The number of carbonyl (C=O) groups is 3. The fraction of sp³-hybridized carbons (Fsp3) is 0.423. The predicted octanol–water partition coefficient (Wildman–Crippen LogP) is 3.03. The molecule has 1 saturated carbocycles. The Labute approximate surface area is 198 Å². The van der Waals surface area contributed by atoms with E-state index in [1.165, 1.54) is 6.92 Å². The topological polar surface area (TPSA) is 125 Å². The van der Waals surface area contributed by atoms with Crippen LogP contribution in [-0.2, 0) is 14.3 Å². The van der Waals surface area contributed by atoms with Crippen LogP contribution < -0.4 is 10.6 Å². The minimum atomic E-state index is -1.40. The fourth-order valence-corrected chi connectivity index (χ4v) is 5.06. The molecule has 2 aliphatic rings. The van der Waals surface area contributed by atoms with Crippen LogP contribution in [0.15, 0.2) is 48.5 Å². The summed E-state index contributed by atoms with van der Waals surface area (Å²) in [6, 6.07) is 14.3. The summed E-state index contributed by atoms with van der Waals surface area (Å²) in [5, 5.41) is 24.1. The van der Waals surface area contributed by atoms with Crippen LogP contribution in [0, 0.1) is 5.92 Å². The molecule has 4 N–H and O–H groups in total. The number of aliphatic carboxylic acids is 1. The molecule has 0 spiro atoms. The Balaban J connectivity index is 1.39. The van der Waals surface area contributed by atoms with Gasteiger partial charge in [0.2, 0.25) is 5.91 Å². The van der Waals surface area contributed by atoms with Gasteiger partial charge in [-0.1, -0.05) is 61.4 Å². The number of nitrogens with one attached hydrogen (secondary N) is 2. The third kappa shape index (κ3) is 4.92. The van der Waals surface area contributed by atoms with Gasteiger partial charge in [0.05, 0.1) is 12.0 Å². The molecule has 4 atom stereocenters. The van der Waals surface area contributed by atoms with Gasteiger partial charge in [-0.25, -0.2) is 9.59 Å². The highest BCUT2D eigenvalue weighted by Gasteiger charge is 2.36. The molecule has 0 bridgehead atoms.